The van der Waals surface area contributed by atoms with Crippen molar-refractivity contribution in [2.75, 3.05) is 6.61 Å². The van der Waals surface area contributed by atoms with Crippen molar-refractivity contribution in [3.8, 4) is 0 Å². The second-order valence-electron chi connectivity index (χ2n) is 8.21. The average molecular weight is 367 g/mol. The van der Waals surface area contributed by atoms with Crippen LogP contribution in [-0.2, 0) is 16.1 Å². The molecule has 1 saturated carbocycles. The van der Waals surface area contributed by atoms with E-state index < -0.39 is 5.54 Å². The Balaban J connectivity index is 0.00000225. The Bertz CT molecular complexity index is 615. The molecule has 3 N–H and O–H groups in total. The molecule has 3 unspecified atom stereocenters. The first-order valence-electron chi connectivity index (χ1n) is 9.06. The zero-order valence-corrected chi connectivity index (χ0v) is 16.5. The standard InChI is InChI=1S/C20H30N2O2.ClH/c1-13(2)15-9-7-14(8-10-15)12-22-18(23)20(21)16-6-5-11-24-17(16)19(20,3)4;/h7-10,13,16-17H,5-6,11-12,21H2,1-4H3,(H,22,23);1H. The van der Waals surface area contributed by atoms with Crippen LogP contribution in [0.15, 0.2) is 24.3 Å². The minimum absolute atomic E-state index is 0. The molecular weight excluding hydrogens is 336 g/mol. The largest absolute Gasteiger partial charge is 0.377 e. The van der Waals surface area contributed by atoms with Gasteiger partial charge in [0.25, 0.3) is 0 Å². The number of hydrogen-bond acceptors (Lipinski definition) is 3. The van der Waals surface area contributed by atoms with Crippen LogP contribution in [0.5, 0.6) is 0 Å². The van der Waals surface area contributed by atoms with Gasteiger partial charge in [-0.3, -0.25) is 4.79 Å². The summed E-state index contributed by atoms with van der Waals surface area (Å²) in [5.41, 5.74) is 7.86. The number of amides is 1. The van der Waals surface area contributed by atoms with Gasteiger partial charge in [-0.25, -0.2) is 0 Å². The number of nitrogens with two attached hydrogens (primary N) is 1. The molecule has 2 aliphatic rings. The van der Waals surface area contributed by atoms with Crippen molar-refractivity contribution in [1.29, 1.82) is 0 Å². The number of ether oxygens (including phenoxy) is 1. The lowest BCUT2D eigenvalue weighted by molar-refractivity contribution is -0.225. The highest BCUT2D eigenvalue weighted by Crippen LogP contribution is 2.57. The fourth-order valence-electron chi connectivity index (χ4n) is 4.39. The number of hydrogen-bond donors (Lipinski definition) is 2. The molecule has 1 heterocycles. The summed E-state index contributed by atoms with van der Waals surface area (Å²) in [6, 6.07) is 8.42. The van der Waals surface area contributed by atoms with Crippen molar-refractivity contribution >= 4 is 18.3 Å². The van der Waals surface area contributed by atoms with Crippen molar-refractivity contribution in [1.82, 2.24) is 5.32 Å². The first-order chi connectivity index (χ1) is 11.3. The summed E-state index contributed by atoms with van der Waals surface area (Å²) in [5.74, 6) is 0.594. The van der Waals surface area contributed by atoms with Gasteiger partial charge in [0, 0.05) is 24.5 Å². The quantitative estimate of drug-likeness (QED) is 0.858. The molecule has 4 nitrogen and oxygen atoms in total. The second kappa shape index (κ2) is 7.26. The van der Waals surface area contributed by atoms with Crippen LogP contribution in [0.3, 0.4) is 0 Å². The van der Waals surface area contributed by atoms with E-state index in [9.17, 15) is 4.79 Å². The monoisotopic (exact) mass is 366 g/mol. The molecule has 1 saturated heterocycles. The fourth-order valence-corrected chi connectivity index (χ4v) is 4.39. The van der Waals surface area contributed by atoms with E-state index in [-0.39, 0.29) is 35.8 Å². The van der Waals surface area contributed by atoms with Crippen molar-refractivity contribution in [2.24, 2.45) is 17.1 Å². The lowest BCUT2D eigenvalue weighted by atomic mass is 9.46. The van der Waals surface area contributed by atoms with Gasteiger partial charge in [-0.05, 0) is 29.9 Å². The Morgan fingerprint density at radius 2 is 1.96 bits per heavy atom. The van der Waals surface area contributed by atoms with E-state index >= 15 is 0 Å². The van der Waals surface area contributed by atoms with Crippen LogP contribution < -0.4 is 11.1 Å². The number of fused-ring (bicyclic) bond motifs is 1. The third-order valence-electron chi connectivity index (χ3n) is 6.16. The van der Waals surface area contributed by atoms with E-state index in [1.54, 1.807) is 0 Å². The summed E-state index contributed by atoms with van der Waals surface area (Å²) in [4.78, 5) is 12.9. The third-order valence-corrected chi connectivity index (χ3v) is 6.16. The summed E-state index contributed by atoms with van der Waals surface area (Å²) in [6.07, 6.45) is 2.06. The number of carbonyl (C=O) groups excluding carboxylic acids is 1. The maximum Gasteiger partial charge on any atom is 0.241 e. The molecular formula is C20H31ClN2O2. The molecule has 0 spiro atoms. The van der Waals surface area contributed by atoms with Crippen molar-refractivity contribution in [3.63, 3.8) is 0 Å². The van der Waals surface area contributed by atoms with E-state index in [0.29, 0.717) is 12.5 Å². The minimum atomic E-state index is -0.837. The average Bonchev–Trinajstić information content (AvgIpc) is 2.59. The topological polar surface area (TPSA) is 64.4 Å². The highest BCUT2D eigenvalue weighted by Gasteiger charge is 2.70. The molecule has 1 amide bonds. The maximum atomic E-state index is 12.9. The first-order valence-corrected chi connectivity index (χ1v) is 9.06. The zero-order valence-electron chi connectivity index (χ0n) is 15.7. The Labute approximate surface area is 157 Å². The number of carbonyl (C=O) groups is 1. The van der Waals surface area contributed by atoms with Crippen LogP contribution in [0.1, 0.15) is 57.6 Å². The molecule has 1 aromatic carbocycles. The molecule has 1 aliphatic heterocycles. The summed E-state index contributed by atoms with van der Waals surface area (Å²) in [6.45, 7) is 9.76. The molecule has 5 heteroatoms. The van der Waals surface area contributed by atoms with Gasteiger partial charge in [0.2, 0.25) is 5.91 Å². The van der Waals surface area contributed by atoms with Crippen LogP contribution in [0, 0.1) is 11.3 Å². The molecule has 0 aromatic heterocycles. The number of benzene rings is 1. The van der Waals surface area contributed by atoms with Gasteiger partial charge in [0.05, 0.1) is 6.10 Å². The summed E-state index contributed by atoms with van der Waals surface area (Å²) >= 11 is 0. The van der Waals surface area contributed by atoms with Gasteiger partial charge in [0.1, 0.15) is 5.54 Å². The van der Waals surface area contributed by atoms with Crippen LogP contribution in [0.4, 0.5) is 0 Å². The van der Waals surface area contributed by atoms with E-state index in [1.165, 1.54) is 5.56 Å². The Morgan fingerprint density at radius 3 is 2.56 bits per heavy atom. The van der Waals surface area contributed by atoms with Crippen LogP contribution >= 0.6 is 12.4 Å². The van der Waals surface area contributed by atoms with Gasteiger partial charge < -0.3 is 15.8 Å². The molecule has 140 valence electrons. The van der Waals surface area contributed by atoms with Crippen LogP contribution in [0.2, 0.25) is 0 Å². The maximum absolute atomic E-state index is 12.9. The summed E-state index contributed by atoms with van der Waals surface area (Å²) < 4.78 is 5.88. The summed E-state index contributed by atoms with van der Waals surface area (Å²) in [5, 5.41) is 3.06. The fraction of sp³-hybridized carbons (Fsp3) is 0.650. The third kappa shape index (κ3) is 3.20. The Morgan fingerprint density at radius 1 is 1.32 bits per heavy atom. The number of rotatable bonds is 4. The highest BCUT2D eigenvalue weighted by molar-refractivity contribution is 5.89. The molecule has 0 radical (unpaired) electrons. The van der Waals surface area contributed by atoms with Crippen molar-refractivity contribution < 1.29 is 9.53 Å². The lowest BCUT2D eigenvalue weighted by Crippen LogP contribution is -2.82. The van der Waals surface area contributed by atoms with Crippen LogP contribution in [-0.4, -0.2) is 24.2 Å². The van der Waals surface area contributed by atoms with E-state index in [2.05, 4.69) is 57.3 Å². The molecule has 1 aromatic rings. The SMILES string of the molecule is CC(C)c1ccc(CNC(=O)C2(N)C3CCCOC3C2(C)C)cc1.Cl. The molecule has 3 atom stereocenters. The highest BCUT2D eigenvalue weighted by atomic mass is 35.5. The zero-order chi connectivity index (χ0) is 17.5. The molecule has 1 aliphatic carbocycles. The van der Waals surface area contributed by atoms with Gasteiger partial charge in [-0.15, -0.1) is 12.4 Å². The van der Waals surface area contributed by atoms with Crippen LogP contribution in [0.25, 0.3) is 0 Å². The normalized spacial score (nSPS) is 30.0. The minimum Gasteiger partial charge on any atom is -0.377 e. The predicted octanol–water partition coefficient (Wildman–Crippen LogP) is 3.38. The van der Waals surface area contributed by atoms with E-state index in [4.69, 9.17) is 10.5 Å². The molecule has 2 fully saturated rings. The molecule has 0 bridgehead atoms. The van der Waals surface area contributed by atoms with Gasteiger partial charge in [-0.1, -0.05) is 52.0 Å². The second-order valence-corrected chi connectivity index (χ2v) is 8.21. The molecule has 25 heavy (non-hydrogen) atoms. The van der Waals surface area contributed by atoms with Crippen molar-refractivity contribution in [2.45, 2.75) is 64.6 Å². The van der Waals surface area contributed by atoms with Gasteiger partial charge in [-0.2, -0.15) is 0 Å². The first kappa shape index (κ1) is 20.2. The summed E-state index contributed by atoms with van der Waals surface area (Å²) in [7, 11) is 0. The predicted molar refractivity (Wildman–Crippen MR) is 103 cm³/mol. The van der Waals surface area contributed by atoms with Gasteiger partial charge >= 0.3 is 0 Å². The Kier molecular flexibility index (Phi) is 5.87. The molecule has 3 rings (SSSR count). The van der Waals surface area contributed by atoms with E-state index in [1.807, 2.05) is 0 Å². The number of nitrogens with one attached hydrogen (secondary N) is 1. The lowest BCUT2D eigenvalue weighted by Gasteiger charge is -2.65. The Hall–Kier alpha value is -1.10. The van der Waals surface area contributed by atoms with Crippen molar-refractivity contribution in [3.05, 3.63) is 35.4 Å². The van der Waals surface area contributed by atoms with E-state index in [0.717, 1.165) is 25.0 Å². The van der Waals surface area contributed by atoms with Gasteiger partial charge in [0.15, 0.2) is 0 Å². The number of halogens is 1. The smallest absolute Gasteiger partial charge is 0.241 e.